The predicted octanol–water partition coefficient (Wildman–Crippen LogP) is 9.54. The first-order valence-electron chi connectivity index (χ1n) is 16.4. The number of hydrogen-bond donors (Lipinski definition) is 1. The first-order valence-corrected chi connectivity index (χ1v) is 16.4. The minimum Gasteiger partial charge on any atom is -0.394 e. The maximum Gasteiger partial charge on any atom is 0.143 e. The van der Waals surface area contributed by atoms with E-state index in [-0.39, 0.29) is 18.2 Å². The highest BCUT2D eigenvalue weighted by atomic mass is 16.5. The molecule has 4 nitrogen and oxygen atoms in total. The van der Waals surface area contributed by atoms with Gasteiger partial charge in [-0.3, -0.25) is 9.59 Å². The Bertz CT molecular complexity index is 491. The van der Waals surface area contributed by atoms with Crippen LogP contribution < -0.4 is 0 Å². The fraction of sp³-hybridized carbons (Fsp3) is 0.939. The standard InChI is InChI=1S/C33H64O4/c1-3-5-7-9-11-13-15-17-19-21-23-26-32(35)31(33(36)27-24-29-37-30-28-34)25-22-20-18-16-14-12-10-8-6-4-2/h31,34H,3-30H2,1-2H3. The van der Waals surface area contributed by atoms with Crippen molar-refractivity contribution in [3.8, 4) is 0 Å². The summed E-state index contributed by atoms with van der Waals surface area (Å²) in [4.78, 5) is 25.9. The number of aliphatic hydroxyl groups is 1. The number of Topliss-reactive ketones (excluding diaryl/α,β-unsaturated/α-hetero) is 2. The topological polar surface area (TPSA) is 63.6 Å². The molecule has 0 bridgehead atoms. The second kappa shape index (κ2) is 29.8. The minimum atomic E-state index is -0.407. The van der Waals surface area contributed by atoms with Crippen molar-refractivity contribution in [1.29, 1.82) is 0 Å². The Labute approximate surface area is 231 Å². The first kappa shape index (κ1) is 36.3. The lowest BCUT2D eigenvalue weighted by molar-refractivity contribution is -0.133. The molecule has 0 saturated heterocycles. The van der Waals surface area contributed by atoms with E-state index in [4.69, 9.17) is 9.84 Å². The van der Waals surface area contributed by atoms with Gasteiger partial charge in [0.2, 0.25) is 0 Å². The second-order valence-corrected chi connectivity index (χ2v) is 11.2. The van der Waals surface area contributed by atoms with Gasteiger partial charge in [0.1, 0.15) is 11.6 Å². The van der Waals surface area contributed by atoms with Crippen molar-refractivity contribution >= 4 is 11.6 Å². The fourth-order valence-corrected chi connectivity index (χ4v) is 5.16. The molecule has 0 aliphatic rings. The SMILES string of the molecule is CCCCCCCCCCCCCC(=O)C(CCCCCCCCCCCC)C(=O)CCCOCCO. The lowest BCUT2D eigenvalue weighted by Crippen LogP contribution is -2.24. The van der Waals surface area contributed by atoms with Crippen LogP contribution >= 0.6 is 0 Å². The Hall–Kier alpha value is -0.740. The Morgan fingerprint density at radius 3 is 1.32 bits per heavy atom. The van der Waals surface area contributed by atoms with Crippen molar-refractivity contribution in [1.82, 2.24) is 0 Å². The molecule has 0 radical (unpaired) electrons. The summed E-state index contributed by atoms with van der Waals surface area (Å²) < 4.78 is 5.30. The summed E-state index contributed by atoms with van der Waals surface area (Å²) in [7, 11) is 0. The summed E-state index contributed by atoms with van der Waals surface area (Å²) in [5, 5.41) is 8.82. The number of aliphatic hydroxyl groups excluding tert-OH is 1. The van der Waals surface area contributed by atoms with E-state index >= 15 is 0 Å². The monoisotopic (exact) mass is 524 g/mol. The number of rotatable bonds is 31. The molecule has 0 aliphatic heterocycles. The molecule has 37 heavy (non-hydrogen) atoms. The van der Waals surface area contributed by atoms with Crippen LogP contribution in [0.4, 0.5) is 0 Å². The molecule has 4 heteroatoms. The molecule has 0 aromatic rings. The van der Waals surface area contributed by atoms with Crippen LogP contribution in [0.15, 0.2) is 0 Å². The Kier molecular flexibility index (Phi) is 29.2. The third-order valence-corrected chi connectivity index (χ3v) is 7.60. The third kappa shape index (κ3) is 25.3. The lowest BCUT2D eigenvalue weighted by Gasteiger charge is -2.15. The van der Waals surface area contributed by atoms with Gasteiger partial charge in [-0.2, -0.15) is 0 Å². The molecule has 220 valence electrons. The highest BCUT2D eigenvalue weighted by Gasteiger charge is 2.24. The van der Waals surface area contributed by atoms with Crippen molar-refractivity contribution in [3.63, 3.8) is 0 Å². The minimum absolute atomic E-state index is 0.00670. The molecule has 0 rings (SSSR count). The third-order valence-electron chi connectivity index (χ3n) is 7.60. The van der Waals surface area contributed by atoms with E-state index in [1.54, 1.807) is 0 Å². The molecule has 0 heterocycles. The highest BCUT2D eigenvalue weighted by Crippen LogP contribution is 2.20. The van der Waals surface area contributed by atoms with E-state index in [2.05, 4.69) is 13.8 Å². The molecule has 1 N–H and O–H groups in total. The van der Waals surface area contributed by atoms with E-state index in [0.29, 0.717) is 32.5 Å². The van der Waals surface area contributed by atoms with Gasteiger partial charge in [0.05, 0.1) is 19.1 Å². The molecule has 1 atom stereocenters. The summed E-state index contributed by atoms with van der Waals surface area (Å²) in [6.45, 7) is 5.31. The van der Waals surface area contributed by atoms with Crippen LogP contribution in [-0.4, -0.2) is 36.5 Å². The maximum absolute atomic E-state index is 13.0. The van der Waals surface area contributed by atoms with Crippen molar-refractivity contribution in [2.75, 3.05) is 19.8 Å². The van der Waals surface area contributed by atoms with Crippen molar-refractivity contribution < 1.29 is 19.4 Å². The molecule has 0 aromatic carbocycles. The Balaban J connectivity index is 4.15. The van der Waals surface area contributed by atoms with Crippen LogP contribution in [0, 0.1) is 5.92 Å². The van der Waals surface area contributed by atoms with Gasteiger partial charge in [-0.15, -0.1) is 0 Å². The Morgan fingerprint density at radius 1 is 0.514 bits per heavy atom. The average Bonchev–Trinajstić information content (AvgIpc) is 2.90. The molecule has 0 aromatic heterocycles. The van der Waals surface area contributed by atoms with Crippen LogP contribution in [0.1, 0.15) is 174 Å². The zero-order valence-electron chi connectivity index (χ0n) is 25.0. The quantitative estimate of drug-likeness (QED) is 0.0724. The number of ketones is 2. The van der Waals surface area contributed by atoms with Gasteiger partial charge in [-0.05, 0) is 19.3 Å². The fourth-order valence-electron chi connectivity index (χ4n) is 5.16. The van der Waals surface area contributed by atoms with Gasteiger partial charge in [0.25, 0.3) is 0 Å². The summed E-state index contributed by atoms with van der Waals surface area (Å²) in [5.74, 6) is -0.125. The van der Waals surface area contributed by atoms with E-state index in [1.165, 1.54) is 109 Å². The maximum atomic E-state index is 13.0. The number of hydrogen-bond acceptors (Lipinski definition) is 4. The molecule has 0 amide bonds. The normalized spacial score (nSPS) is 12.2. The van der Waals surface area contributed by atoms with Crippen LogP contribution in [0.5, 0.6) is 0 Å². The van der Waals surface area contributed by atoms with Crippen LogP contribution in [-0.2, 0) is 14.3 Å². The smallest absolute Gasteiger partial charge is 0.143 e. The predicted molar refractivity (Wildman–Crippen MR) is 158 cm³/mol. The molecule has 1 unspecified atom stereocenters. The average molecular weight is 525 g/mol. The van der Waals surface area contributed by atoms with Crippen molar-refractivity contribution in [3.05, 3.63) is 0 Å². The molecular weight excluding hydrogens is 460 g/mol. The van der Waals surface area contributed by atoms with Crippen LogP contribution in [0.25, 0.3) is 0 Å². The van der Waals surface area contributed by atoms with Gasteiger partial charge in [0, 0.05) is 19.4 Å². The first-order chi connectivity index (χ1) is 18.2. The number of carbonyl (C=O) groups excluding carboxylic acids is 2. The van der Waals surface area contributed by atoms with E-state index in [9.17, 15) is 9.59 Å². The van der Waals surface area contributed by atoms with Crippen LogP contribution in [0.3, 0.4) is 0 Å². The van der Waals surface area contributed by atoms with Crippen molar-refractivity contribution in [2.24, 2.45) is 5.92 Å². The van der Waals surface area contributed by atoms with E-state index in [0.717, 1.165) is 32.1 Å². The molecule has 0 saturated carbocycles. The zero-order chi connectivity index (χ0) is 27.2. The summed E-state index contributed by atoms with van der Waals surface area (Å²) >= 11 is 0. The summed E-state index contributed by atoms with van der Waals surface area (Å²) in [5.41, 5.74) is 0. The number of ether oxygens (including phenoxy) is 1. The second-order valence-electron chi connectivity index (χ2n) is 11.2. The van der Waals surface area contributed by atoms with Gasteiger partial charge in [-0.1, -0.05) is 142 Å². The van der Waals surface area contributed by atoms with Gasteiger partial charge in [-0.25, -0.2) is 0 Å². The van der Waals surface area contributed by atoms with Gasteiger partial charge < -0.3 is 9.84 Å². The molecule has 0 fully saturated rings. The molecule has 0 spiro atoms. The molecular formula is C33H64O4. The van der Waals surface area contributed by atoms with Crippen LogP contribution in [0.2, 0.25) is 0 Å². The zero-order valence-corrected chi connectivity index (χ0v) is 25.0. The van der Waals surface area contributed by atoms with Gasteiger partial charge >= 0.3 is 0 Å². The molecule has 0 aliphatic carbocycles. The largest absolute Gasteiger partial charge is 0.394 e. The number of carbonyl (C=O) groups is 2. The summed E-state index contributed by atoms with van der Waals surface area (Å²) in [6, 6.07) is 0. The number of unbranched alkanes of at least 4 members (excludes halogenated alkanes) is 19. The van der Waals surface area contributed by atoms with E-state index < -0.39 is 5.92 Å². The highest BCUT2D eigenvalue weighted by molar-refractivity contribution is 6.02. The summed E-state index contributed by atoms with van der Waals surface area (Å²) in [6.07, 6.45) is 29.0. The Morgan fingerprint density at radius 2 is 0.892 bits per heavy atom. The van der Waals surface area contributed by atoms with Crippen molar-refractivity contribution in [2.45, 2.75) is 174 Å². The van der Waals surface area contributed by atoms with Gasteiger partial charge in [0.15, 0.2) is 0 Å². The van der Waals surface area contributed by atoms with E-state index in [1.807, 2.05) is 0 Å². The lowest BCUT2D eigenvalue weighted by atomic mass is 9.87.